The lowest BCUT2D eigenvalue weighted by Crippen LogP contribution is -2.55. The number of nitrogens with two attached hydrogens (primary N) is 2. The molecule has 1 aliphatic rings. The fourth-order valence-electron chi connectivity index (χ4n) is 3.30. The van der Waals surface area contributed by atoms with Gasteiger partial charge in [-0.3, -0.25) is 14.4 Å². The van der Waals surface area contributed by atoms with Crippen LogP contribution >= 0.6 is 0 Å². The number of carbonyl (C=O) groups is 3. The highest BCUT2D eigenvalue weighted by Gasteiger charge is 2.35. The van der Waals surface area contributed by atoms with E-state index in [1.807, 2.05) is 0 Å². The van der Waals surface area contributed by atoms with Crippen molar-refractivity contribution in [3.8, 4) is 5.75 Å². The summed E-state index contributed by atoms with van der Waals surface area (Å²) in [6.07, 6.45) is -1.21. The van der Waals surface area contributed by atoms with Crippen molar-refractivity contribution in [1.29, 1.82) is 0 Å². The molecule has 10 nitrogen and oxygen atoms in total. The van der Waals surface area contributed by atoms with Crippen molar-refractivity contribution in [2.45, 2.75) is 57.0 Å². The number of amides is 3. The number of ether oxygens (including phenoxy) is 1. The van der Waals surface area contributed by atoms with Crippen molar-refractivity contribution >= 4 is 17.7 Å². The van der Waals surface area contributed by atoms with Crippen molar-refractivity contribution < 1.29 is 29.3 Å². The number of aliphatic hydroxyl groups excluding tert-OH is 2. The van der Waals surface area contributed by atoms with E-state index in [1.165, 1.54) is 13.2 Å². The summed E-state index contributed by atoms with van der Waals surface area (Å²) in [4.78, 5) is 37.0. The van der Waals surface area contributed by atoms with Crippen molar-refractivity contribution in [3.63, 3.8) is 0 Å². The zero-order chi connectivity index (χ0) is 24.0. The highest BCUT2D eigenvalue weighted by Crippen LogP contribution is 2.21. The number of hydrogen-bond donors (Lipinski definition) is 6. The molecule has 1 aromatic carbocycles. The monoisotopic (exact) mass is 448 g/mol. The van der Waals surface area contributed by atoms with Gasteiger partial charge in [-0.15, -0.1) is 0 Å². The predicted molar refractivity (Wildman–Crippen MR) is 117 cm³/mol. The molecule has 1 aliphatic carbocycles. The van der Waals surface area contributed by atoms with Crippen LogP contribution in [-0.2, 0) is 20.8 Å². The van der Waals surface area contributed by atoms with Gasteiger partial charge in [-0.1, -0.05) is 32.1 Å². The first kappa shape index (κ1) is 25.3. The van der Waals surface area contributed by atoms with Gasteiger partial charge in [0.25, 0.3) is 0 Å². The second kappa shape index (κ2) is 11.1. The second-order valence-electron chi connectivity index (χ2n) is 8.24. The van der Waals surface area contributed by atoms with E-state index in [0.29, 0.717) is 5.75 Å². The number of hydrogen-bond acceptors (Lipinski definition) is 7. The molecule has 0 unspecified atom stereocenters. The quantitative estimate of drug-likeness (QED) is 0.273. The Bertz CT molecular complexity index is 854. The lowest BCUT2D eigenvalue weighted by molar-refractivity contribution is -0.126. The van der Waals surface area contributed by atoms with E-state index in [-0.39, 0.29) is 24.3 Å². The van der Waals surface area contributed by atoms with E-state index < -0.39 is 48.1 Å². The molecule has 0 heterocycles. The van der Waals surface area contributed by atoms with Gasteiger partial charge in [0, 0.05) is 18.4 Å². The highest BCUT2D eigenvalue weighted by atomic mass is 16.5. The Labute approximate surface area is 187 Å². The van der Waals surface area contributed by atoms with Crippen molar-refractivity contribution in [2.24, 2.45) is 17.4 Å². The maximum atomic E-state index is 12.8. The average Bonchev–Trinajstić information content (AvgIpc) is 2.75. The first-order valence-electron chi connectivity index (χ1n) is 10.4. The summed E-state index contributed by atoms with van der Waals surface area (Å²) >= 11 is 0. The Hall–Kier alpha value is -2.95. The number of methoxy groups -OCH3 is 1. The van der Waals surface area contributed by atoms with Crippen molar-refractivity contribution in [2.75, 3.05) is 7.11 Å². The number of aliphatic hydroxyl groups is 2. The van der Waals surface area contributed by atoms with E-state index in [0.717, 1.165) is 5.56 Å². The van der Waals surface area contributed by atoms with Crippen LogP contribution < -0.4 is 26.8 Å². The van der Waals surface area contributed by atoms with Crippen LogP contribution in [0.1, 0.15) is 25.8 Å². The Balaban J connectivity index is 2.13. The Kier molecular flexibility index (Phi) is 8.76. The summed E-state index contributed by atoms with van der Waals surface area (Å²) in [5.41, 5.74) is 12.2. The van der Waals surface area contributed by atoms with Crippen LogP contribution in [0.25, 0.3) is 0 Å². The Morgan fingerprint density at radius 3 is 2.34 bits per heavy atom. The largest absolute Gasteiger partial charge is 0.497 e. The molecule has 0 aliphatic heterocycles. The average molecular weight is 449 g/mol. The Morgan fingerprint density at radius 1 is 1.19 bits per heavy atom. The summed E-state index contributed by atoms with van der Waals surface area (Å²) in [5, 5.41) is 25.6. The van der Waals surface area contributed by atoms with Crippen LogP contribution in [-0.4, -0.2) is 65.4 Å². The number of rotatable bonds is 9. The smallest absolute Gasteiger partial charge is 0.247 e. The van der Waals surface area contributed by atoms with E-state index in [9.17, 15) is 24.6 Å². The Morgan fingerprint density at radius 2 is 1.81 bits per heavy atom. The van der Waals surface area contributed by atoms with E-state index in [1.54, 1.807) is 38.1 Å². The van der Waals surface area contributed by atoms with Gasteiger partial charge in [0.2, 0.25) is 17.7 Å². The van der Waals surface area contributed by atoms with Crippen molar-refractivity contribution in [3.05, 3.63) is 41.5 Å². The molecule has 0 spiro atoms. The molecule has 32 heavy (non-hydrogen) atoms. The number of nitrogens with one attached hydrogen (secondary N) is 2. The van der Waals surface area contributed by atoms with Crippen LogP contribution in [0.2, 0.25) is 0 Å². The highest BCUT2D eigenvalue weighted by molar-refractivity contribution is 5.97. The topological polar surface area (TPSA) is 177 Å². The van der Waals surface area contributed by atoms with Crippen LogP contribution in [0, 0.1) is 5.92 Å². The first-order valence-corrected chi connectivity index (χ1v) is 10.4. The summed E-state index contributed by atoms with van der Waals surface area (Å²) in [7, 11) is 1.54. The molecule has 0 radical (unpaired) electrons. The molecule has 176 valence electrons. The van der Waals surface area contributed by atoms with Gasteiger partial charge in [-0.2, -0.15) is 0 Å². The van der Waals surface area contributed by atoms with Gasteiger partial charge in [-0.05, 0) is 23.6 Å². The molecule has 0 saturated heterocycles. The second-order valence-corrected chi connectivity index (χ2v) is 8.24. The number of primary amides is 1. The summed E-state index contributed by atoms with van der Waals surface area (Å²) in [6, 6.07) is 4.15. The summed E-state index contributed by atoms with van der Waals surface area (Å²) in [6.45, 7) is 3.55. The van der Waals surface area contributed by atoms with Gasteiger partial charge in [0.1, 0.15) is 17.9 Å². The minimum Gasteiger partial charge on any atom is -0.497 e. The summed E-state index contributed by atoms with van der Waals surface area (Å²) < 4.78 is 5.10. The maximum Gasteiger partial charge on any atom is 0.247 e. The molecule has 1 aromatic rings. The van der Waals surface area contributed by atoms with Crippen LogP contribution in [0.15, 0.2) is 35.9 Å². The molecule has 2 rings (SSSR count). The van der Waals surface area contributed by atoms with E-state index in [2.05, 4.69) is 10.6 Å². The third kappa shape index (κ3) is 6.52. The van der Waals surface area contributed by atoms with Gasteiger partial charge in [0.15, 0.2) is 0 Å². The fraction of sp³-hybridized carbons (Fsp3) is 0.500. The predicted octanol–water partition coefficient (Wildman–Crippen LogP) is -1.27. The minimum absolute atomic E-state index is 0.118. The van der Waals surface area contributed by atoms with Gasteiger partial charge in [0.05, 0.1) is 25.3 Å². The number of benzene rings is 1. The molecular formula is C22H32N4O6. The molecule has 8 N–H and O–H groups in total. The zero-order valence-corrected chi connectivity index (χ0v) is 18.4. The van der Waals surface area contributed by atoms with Gasteiger partial charge >= 0.3 is 0 Å². The standard InChI is InChI=1S/C22H32N4O6/c1-11(2)18(23)22(31)25-15-9-13(10-17(27)19(15)28)21(30)26-16(20(24)29)8-12-4-6-14(32-3)7-5-12/h4-7,9,11,15-19,27-28H,8,10,23H2,1-3H3,(H2,24,29)(H,25,31)(H,26,30)/t15-,16+,17-,18-,19-/m1/s1. The van der Waals surface area contributed by atoms with Crippen molar-refractivity contribution in [1.82, 2.24) is 10.6 Å². The van der Waals surface area contributed by atoms with Crippen LogP contribution in [0.4, 0.5) is 0 Å². The molecule has 3 amide bonds. The molecule has 10 heteroatoms. The van der Waals surface area contributed by atoms with Crippen LogP contribution in [0.3, 0.4) is 0 Å². The molecular weight excluding hydrogens is 416 g/mol. The summed E-state index contributed by atoms with van der Waals surface area (Å²) in [5.74, 6) is -1.34. The lowest BCUT2D eigenvalue weighted by Gasteiger charge is -2.32. The fourth-order valence-corrected chi connectivity index (χ4v) is 3.30. The number of carbonyl (C=O) groups excluding carboxylic acids is 3. The van der Waals surface area contributed by atoms with Crippen LogP contribution in [0.5, 0.6) is 5.75 Å². The first-order chi connectivity index (χ1) is 15.0. The normalized spacial score (nSPS) is 22.5. The zero-order valence-electron chi connectivity index (χ0n) is 18.4. The van der Waals surface area contributed by atoms with Gasteiger partial charge < -0.3 is 37.1 Å². The molecule has 0 fully saturated rings. The molecule has 0 saturated carbocycles. The van der Waals surface area contributed by atoms with E-state index in [4.69, 9.17) is 16.2 Å². The SMILES string of the molecule is COc1ccc(C[C@H](NC(=O)C2=C[C@@H](NC(=O)[C@H](N)C(C)C)[C@@H](O)[C@H](O)C2)C(N)=O)cc1. The van der Waals surface area contributed by atoms with Gasteiger partial charge in [-0.25, -0.2) is 0 Å². The molecule has 5 atom stereocenters. The van der Waals surface area contributed by atoms with E-state index >= 15 is 0 Å². The molecule has 0 aromatic heterocycles. The minimum atomic E-state index is -1.30. The maximum absolute atomic E-state index is 12.8. The molecule has 0 bridgehead atoms. The third-order valence-electron chi connectivity index (χ3n) is 5.44. The third-order valence-corrected chi connectivity index (χ3v) is 5.44. The lowest BCUT2D eigenvalue weighted by atomic mass is 9.89.